The number of halogens is 4. The van der Waals surface area contributed by atoms with Crippen molar-refractivity contribution in [3.63, 3.8) is 0 Å². The number of aromatic nitrogens is 5. The Hall–Kier alpha value is -3.07. The highest BCUT2D eigenvalue weighted by molar-refractivity contribution is 7.89. The maximum Gasteiger partial charge on any atom is 0.280 e. The summed E-state index contributed by atoms with van der Waals surface area (Å²) in [7, 11) is -2.18. The third-order valence-electron chi connectivity index (χ3n) is 5.47. The lowest BCUT2D eigenvalue weighted by molar-refractivity contribution is 0.0691. The van der Waals surface area contributed by atoms with Crippen LogP contribution in [0, 0.1) is 6.92 Å². The van der Waals surface area contributed by atoms with E-state index in [-0.39, 0.29) is 42.4 Å². The fourth-order valence-corrected chi connectivity index (χ4v) is 5.16. The number of sulfonamides is 1. The van der Waals surface area contributed by atoms with Crippen LogP contribution in [0.15, 0.2) is 23.2 Å². The molecule has 0 saturated carbocycles. The van der Waals surface area contributed by atoms with Crippen molar-refractivity contribution in [1.29, 1.82) is 0 Å². The highest BCUT2D eigenvalue weighted by Crippen LogP contribution is 2.26. The van der Waals surface area contributed by atoms with Gasteiger partial charge in [0, 0.05) is 39.3 Å². The van der Waals surface area contributed by atoms with Crippen LogP contribution < -0.4 is 0 Å². The lowest BCUT2D eigenvalue weighted by Gasteiger charge is -2.33. The molecule has 0 bridgehead atoms. The van der Waals surface area contributed by atoms with Crippen LogP contribution in [0.5, 0.6) is 0 Å². The average molecular weight is 489 g/mol. The minimum atomic E-state index is -3.81. The summed E-state index contributed by atoms with van der Waals surface area (Å²) in [5, 5.41) is 7.78. The van der Waals surface area contributed by atoms with Crippen molar-refractivity contribution in [3.8, 4) is 0 Å². The van der Waals surface area contributed by atoms with E-state index in [1.54, 1.807) is 14.0 Å². The molecule has 3 aromatic heterocycles. The number of hydrogen-bond acceptors (Lipinski definition) is 6. The van der Waals surface area contributed by atoms with Gasteiger partial charge in [-0.05, 0) is 13.0 Å². The van der Waals surface area contributed by atoms with Gasteiger partial charge in [0.1, 0.15) is 16.3 Å². The number of nitrogens with zero attached hydrogens (tertiary/aromatic N) is 7. The third-order valence-corrected chi connectivity index (χ3v) is 7.48. The van der Waals surface area contributed by atoms with Crippen LogP contribution in [0.1, 0.15) is 40.4 Å². The Kier molecular flexibility index (Phi) is 5.86. The van der Waals surface area contributed by atoms with E-state index >= 15 is 0 Å². The zero-order valence-corrected chi connectivity index (χ0v) is 18.3. The van der Waals surface area contributed by atoms with E-state index in [9.17, 15) is 30.8 Å². The number of aryl methyl sites for hydroxylation is 1. The zero-order chi connectivity index (χ0) is 24.1. The van der Waals surface area contributed by atoms with E-state index in [0.29, 0.717) is 16.3 Å². The first-order valence-electron chi connectivity index (χ1n) is 9.75. The quantitative estimate of drug-likeness (QED) is 0.506. The molecule has 4 rings (SSSR count). The Bertz CT molecular complexity index is 1310. The van der Waals surface area contributed by atoms with Gasteiger partial charge in [-0.15, -0.1) is 0 Å². The number of hydrogen-bond donors (Lipinski definition) is 0. The van der Waals surface area contributed by atoms with Crippen molar-refractivity contribution >= 4 is 21.6 Å². The van der Waals surface area contributed by atoms with E-state index in [0.717, 1.165) is 6.07 Å². The van der Waals surface area contributed by atoms with E-state index in [1.165, 1.54) is 20.1 Å². The molecule has 1 aliphatic heterocycles. The summed E-state index contributed by atoms with van der Waals surface area (Å²) < 4.78 is 81.8. The largest absolute Gasteiger partial charge is 0.335 e. The van der Waals surface area contributed by atoms with Crippen molar-refractivity contribution < 1.29 is 30.8 Å². The molecule has 0 aliphatic carbocycles. The predicted molar refractivity (Wildman–Crippen MR) is 106 cm³/mol. The van der Waals surface area contributed by atoms with Crippen LogP contribution in [0.4, 0.5) is 17.6 Å². The zero-order valence-electron chi connectivity index (χ0n) is 17.5. The van der Waals surface area contributed by atoms with Crippen molar-refractivity contribution in [2.75, 3.05) is 26.2 Å². The van der Waals surface area contributed by atoms with E-state index < -0.39 is 40.2 Å². The third kappa shape index (κ3) is 4.06. The van der Waals surface area contributed by atoms with Gasteiger partial charge in [0.15, 0.2) is 11.3 Å². The van der Waals surface area contributed by atoms with Gasteiger partial charge in [-0.2, -0.15) is 14.5 Å². The monoisotopic (exact) mass is 489 g/mol. The van der Waals surface area contributed by atoms with Crippen molar-refractivity contribution in [1.82, 2.24) is 33.6 Å². The second-order valence-electron chi connectivity index (χ2n) is 7.42. The summed E-state index contributed by atoms with van der Waals surface area (Å²) in [6.45, 7) is 1.70. The van der Waals surface area contributed by atoms with Crippen LogP contribution in [0.25, 0.3) is 5.65 Å². The minimum Gasteiger partial charge on any atom is -0.335 e. The molecule has 1 saturated heterocycles. The molecule has 4 heterocycles. The first-order valence-corrected chi connectivity index (χ1v) is 11.2. The summed E-state index contributed by atoms with van der Waals surface area (Å²) in [5.74, 6) is -0.645. The minimum absolute atomic E-state index is 0.00580. The molecule has 33 heavy (non-hydrogen) atoms. The molecular formula is C18H19F4N7O3S. The molecule has 0 N–H and O–H groups in total. The average Bonchev–Trinajstić information content (AvgIpc) is 3.36. The van der Waals surface area contributed by atoms with Crippen LogP contribution in [-0.2, 0) is 17.1 Å². The first-order chi connectivity index (χ1) is 15.5. The SMILES string of the molecule is Cc1c(S(=O)(=O)N2CCN(C(=O)c3cc4nc(C(F)F)cc(C(F)F)n4n3)CC2)cnn1C. The van der Waals surface area contributed by atoms with Gasteiger partial charge < -0.3 is 4.90 Å². The summed E-state index contributed by atoms with van der Waals surface area (Å²) in [6.07, 6.45) is -4.92. The van der Waals surface area contributed by atoms with Gasteiger partial charge in [0.2, 0.25) is 10.0 Å². The van der Waals surface area contributed by atoms with Crippen LogP contribution >= 0.6 is 0 Å². The number of piperazine rings is 1. The number of amides is 1. The molecule has 0 spiro atoms. The van der Waals surface area contributed by atoms with Gasteiger partial charge in [-0.1, -0.05) is 0 Å². The molecule has 0 aromatic carbocycles. The van der Waals surface area contributed by atoms with E-state index in [1.807, 2.05) is 0 Å². The summed E-state index contributed by atoms with van der Waals surface area (Å²) in [6, 6.07) is 1.61. The molecule has 178 valence electrons. The molecule has 1 fully saturated rings. The summed E-state index contributed by atoms with van der Waals surface area (Å²) >= 11 is 0. The van der Waals surface area contributed by atoms with Crippen molar-refractivity contribution in [2.24, 2.45) is 7.05 Å². The smallest absolute Gasteiger partial charge is 0.280 e. The maximum absolute atomic E-state index is 13.3. The lowest BCUT2D eigenvalue weighted by atomic mass is 10.3. The standard InChI is InChI=1S/C18H19F4N7O3S/c1-10-14(9-23-26(10)2)33(31,32)28-5-3-27(4-6-28)18(30)12-8-15-24-11(16(19)20)7-13(17(21)22)29(15)25-12/h7-9,16-17H,3-6H2,1-2H3. The fraction of sp³-hybridized carbons (Fsp3) is 0.444. The number of alkyl halides is 4. The molecule has 0 radical (unpaired) electrons. The van der Waals surface area contributed by atoms with Gasteiger partial charge in [0.05, 0.1) is 11.9 Å². The van der Waals surface area contributed by atoms with Gasteiger partial charge in [0.25, 0.3) is 18.8 Å². The second kappa shape index (κ2) is 8.37. The fourth-order valence-electron chi connectivity index (χ4n) is 3.55. The van der Waals surface area contributed by atoms with Gasteiger partial charge in [-0.25, -0.2) is 35.5 Å². The van der Waals surface area contributed by atoms with Crippen molar-refractivity contribution in [3.05, 3.63) is 41.1 Å². The molecule has 3 aromatic rings. The molecule has 10 nitrogen and oxygen atoms in total. The Morgan fingerprint density at radius 2 is 1.73 bits per heavy atom. The normalized spacial score (nSPS) is 15.8. The predicted octanol–water partition coefficient (Wildman–Crippen LogP) is 1.79. The maximum atomic E-state index is 13.3. The van der Waals surface area contributed by atoms with Crippen LogP contribution in [0.2, 0.25) is 0 Å². The molecular weight excluding hydrogens is 470 g/mol. The topological polar surface area (TPSA) is 106 Å². The second-order valence-corrected chi connectivity index (χ2v) is 9.33. The van der Waals surface area contributed by atoms with Crippen molar-refractivity contribution in [2.45, 2.75) is 24.7 Å². The Labute approximate surface area is 185 Å². The molecule has 0 unspecified atom stereocenters. The summed E-state index contributed by atoms with van der Waals surface area (Å²) in [5.41, 5.74) is -1.74. The van der Waals surface area contributed by atoms with E-state index in [2.05, 4.69) is 15.2 Å². The molecule has 1 amide bonds. The molecule has 0 atom stereocenters. The number of rotatable bonds is 5. The number of fused-ring (bicyclic) bond motifs is 1. The molecule has 1 aliphatic rings. The Morgan fingerprint density at radius 3 is 2.27 bits per heavy atom. The Morgan fingerprint density at radius 1 is 1.06 bits per heavy atom. The van der Waals surface area contributed by atoms with E-state index in [4.69, 9.17) is 0 Å². The first kappa shape index (κ1) is 23.1. The number of carbonyl (C=O) groups excluding carboxylic acids is 1. The molecule has 15 heteroatoms. The Balaban J connectivity index is 1.54. The summed E-state index contributed by atoms with van der Waals surface area (Å²) in [4.78, 5) is 17.9. The number of carbonyl (C=O) groups is 1. The lowest BCUT2D eigenvalue weighted by Crippen LogP contribution is -2.50. The van der Waals surface area contributed by atoms with Gasteiger partial charge >= 0.3 is 0 Å². The van der Waals surface area contributed by atoms with Crippen LogP contribution in [0.3, 0.4) is 0 Å². The highest BCUT2D eigenvalue weighted by Gasteiger charge is 2.33. The van der Waals surface area contributed by atoms with Gasteiger partial charge in [-0.3, -0.25) is 9.48 Å². The van der Waals surface area contributed by atoms with Crippen LogP contribution in [-0.4, -0.2) is 74.1 Å². The highest BCUT2D eigenvalue weighted by atomic mass is 32.2.